The Bertz CT molecular complexity index is 410. The summed E-state index contributed by atoms with van der Waals surface area (Å²) in [5.74, 6) is 0.0230. The fourth-order valence-electron chi connectivity index (χ4n) is 2.60. The molecule has 2 N–H and O–H groups in total. The van der Waals surface area contributed by atoms with Gasteiger partial charge in [-0.2, -0.15) is 0 Å². The van der Waals surface area contributed by atoms with Crippen LogP contribution in [0.5, 0.6) is 0 Å². The van der Waals surface area contributed by atoms with Gasteiger partial charge >= 0.3 is 0 Å². The van der Waals surface area contributed by atoms with Crippen LogP contribution in [0, 0.1) is 0 Å². The largest absolute Gasteiger partial charge is 0.356 e. The van der Waals surface area contributed by atoms with Crippen molar-refractivity contribution in [1.29, 1.82) is 0 Å². The van der Waals surface area contributed by atoms with Crippen LogP contribution in [-0.4, -0.2) is 42.0 Å². The molecule has 100 valence electrons. The zero-order valence-corrected chi connectivity index (χ0v) is 11.6. The van der Waals surface area contributed by atoms with Gasteiger partial charge in [-0.15, -0.1) is 0 Å². The van der Waals surface area contributed by atoms with Gasteiger partial charge in [0.1, 0.15) is 5.69 Å². The third kappa shape index (κ3) is 2.87. The van der Waals surface area contributed by atoms with E-state index in [1.807, 2.05) is 19.0 Å². The van der Waals surface area contributed by atoms with Crippen LogP contribution < -0.4 is 5.32 Å². The van der Waals surface area contributed by atoms with Gasteiger partial charge in [0.05, 0.1) is 5.02 Å². The molecule has 1 amide bonds. The molecule has 0 bridgehead atoms. The van der Waals surface area contributed by atoms with Gasteiger partial charge in [-0.3, -0.25) is 4.79 Å². The monoisotopic (exact) mass is 269 g/mol. The normalized spacial score (nSPS) is 23.9. The summed E-state index contributed by atoms with van der Waals surface area (Å²) in [7, 11) is 3.88. The van der Waals surface area contributed by atoms with E-state index in [9.17, 15) is 4.79 Å². The number of carbonyl (C=O) groups excluding carboxylic acids is 1. The number of halogens is 1. The maximum absolute atomic E-state index is 12.2. The topological polar surface area (TPSA) is 48.1 Å². The first-order valence-corrected chi connectivity index (χ1v) is 6.78. The molecule has 0 radical (unpaired) electrons. The molecule has 4 nitrogen and oxygen atoms in total. The van der Waals surface area contributed by atoms with Crippen molar-refractivity contribution in [2.75, 3.05) is 14.1 Å². The van der Waals surface area contributed by atoms with Crippen LogP contribution in [0.15, 0.2) is 12.3 Å². The second-order valence-electron chi connectivity index (χ2n) is 4.94. The summed E-state index contributed by atoms with van der Waals surface area (Å²) >= 11 is 5.82. The number of rotatable bonds is 3. The van der Waals surface area contributed by atoms with E-state index < -0.39 is 0 Å². The third-order valence-electron chi connectivity index (χ3n) is 3.85. The molecule has 5 heteroatoms. The molecule has 2 rings (SSSR count). The second-order valence-corrected chi connectivity index (χ2v) is 5.38. The van der Waals surface area contributed by atoms with Crippen LogP contribution in [0.25, 0.3) is 0 Å². The van der Waals surface area contributed by atoms with Crippen molar-refractivity contribution in [3.8, 4) is 0 Å². The Morgan fingerprint density at radius 2 is 2.11 bits per heavy atom. The van der Waals surface area contributed by atoms with Crippen molar-refractivity contribution < 1.29 is 4.79 Å². The summed E-state index contributed by atoms with van der Waals surface area (Å²) in [6.07, 6.45) is 6.01. The van der Waals surface area contributed by atoms with Gasteiger partial charge in [-0.25, -0.2) is 0 Å². The number of amides is 1. The minimum atomic E-state index is 0.0230. The Kier molecular flexibility index (Phi) is 4.30. The van der Waals surface area contributed by atoms with Crippen LogP contribution in [0.3, 0.4) is 0 Å². The molecule has 0 unspecified atom stereocenters. The van der Waals surface area contributed by atoms with Gasteiger partial charge in [-0.1, -0.05) is 11.6 Å². The quantitative estimate of drug-likeness (QED) is 0.884. The van der Waals surface area contributed by atoms with Crippen molar-refractivity contribution in [3.63, 3.8) is 0 Å². The number of nitrogens with one attached hydrogen (secondary N) is 2. The molecular weight excluding hydrogens is 250 g/mol. The van der Waals surface area contributed by atoms with Crippen LogP contribution in [0.4, 0.5) is 0 Å². The molecule has 1 aliphatic rings. The average molecular weight is 270 g/mol. The highest BCUT2D eigenvalue weighted by molar-refractivity contribution is 6.30. The summed E-state index contributed by atoms with van der Waals surface area (Å²) in [6, 6.07) is 2.62. The highest BCUT2D eigenvalue weighted by Gasteiger charge is 2.26. The van der Waals surface area contributed by atoms with Gasteiger partial charge in [0, 0.05) is 25.3 Å². The second kappa shape index (κ2) is 5.76. The Morgan fingerprint density at radius 1 is 1.44 bits per heavy atom. The lowest BCUT2D eigenvalue weighted by molar-refractivity contribution is 0.0680. The van der Waals surface area contributed by atoms with Crippen molar-refractivity contribution in [2.24, 2.45) is 0 Å². The fourth-order valence-corrected chi connectivity index (χ4v) is 2.76. The minimum Gasteiger partial charge on any atom is -0.356 e. The number of hydrogen-bond acceptors (Lipinski definition) is 2. The molecule has 0 aliphatic heterocycles. The van der Waals surface area contributed by atoms with E-state index in [0.717, 1.165) is 25.7 Å². The standard InChI is InChI=1S/C13H20ClN3O/c1-15-10-3-5-11(6-4-10)17(2)13(18)12-7-9(14)8-16-12/h7-8,10-11,15-16H,3-6H2,1-2H3. The Morgan fingerprint density at radius 3 is 2.61 bits per heavy atom. The highest BCUT2D eigenvalue weighted by Crippen LogP contribution is 2.23. The Balaban J connectivity index is 1.95. The number of carbonyl (C=O) groups is 1. The summed E-state index contributed by atoms with van der Waals surface area (Å²) in [5, 5.41) is 3.88. The lowest BCUT2D eigenvalue weighted by Crippen LogP contribution is -2.42. The van der Waals surface area contributed by atoms with Crippen molar-refractivity contribution in [3.05, 3.63) is 23.0 Å². The summed E-state index contributed by atoms with van der Waals surface area (Å²) in [6.45, 7) is 0. The lowest BCUT2D eigenvalue weighted by atomic mass is 9.90. The third-order valence-corrected chi connectivity index (χ3v) is 4.07. The zero-order valence-electron chi connectivity index (χ0n) is 10.9. The summed E-state index contributed by atoms with van der Waals surface area (Å²) in [5.41, 5.74) is 0.568. The van der Waals surface area contributed by atoms with E-state index in [2.05, 4.69) is 10.3 Å². The number of hydrogen-bond donors (Lipinski definition) is 2. The first-order valence-electron chi connectivity index (χ1n) is 6.40. The molecule has 1 saturated carbocycles. The van der Waals surface area contributed by atoms with Gasteiger partial charge in [0.15, 0.2) is 0 Å². The van der Waals surface area contributed by atoms with Gasteiger partial charge in [0.2, 0.25) is 0 Å². The van der Waals surface area contributed by atoms with Crippen LogP contribution in [0.1, 0.15) is 36.2 Å². The number of H-pyrrole nitrogens is 1. The zero-order chi connectivity index (χ0) is 13.1. The molecule has 1 heterocycles. The van der Waals surface area contributed by atoms with Crippen molar-refractivity contribution in [2.45, 2.75) is 37.8 Å². The van der Waals surface area contributed by atoms with E-state index in [0.29, 0.717) is 22.8 Å². The van der Waals surface area contributed by atoms with Crippen molar-refractivity contribution in [1.82, 2.24) is 15.2 Å². The molecule has 0 spiro atoms. The molecule has 1 fully saturated rings. The smallest absolute Gasteiger partial charge is 0.270 e. The predicted octanol–water partition coefficient (Wildman–Crippen LogP) is 2.27. The first kappa shape index (κ1) is 13.4. The van der Waals surface area contributed by atoms with E-state index in [-0.39, 0.29) is 5.91 Å². The van der Waals surface area contributed by atoms with Crippen LogP contribution in [0.2, 0.25) is 5.02 Å². The van der Waals surface area contributed by atoms with Gasteiger partial charge in [0.25, 0.3) is 5.91 Å². The maximum atomic E-state index is 12.2. The fraction of sp³-hybridized carbons (Fsp3) is 0.615. The minimum absolute atomic E-state index is 0.0230. The molecule has 0 saturated heterocycles. The van der Waals surface area contributed by atoms with Crippen molar-refractivity contribution >= 4 is 17.5 Å². The Labute approximate surface area is 113 Å². The molecule has 1 aliphatic carbocycles. The molecule has 0 aromatic carbocycles. The summed E-state index contributed by atoms with van der Waals surface area (Å²) < 4.78 is 0. The molecule has 0 atom stereocenters. The molecule has 18 heavy (non-hydrogen) atoms. The number of nitrogens with zero attached hydrogens (tertiary/aromatic N) is 1. The van der Waals surface area contributed by atoms with Crippen LogP contribution in [-0.2, 0) is 0 Å². The molecule has 1 aromatic heterocycles. The van der Waals surface area contributed by atoms with E-state index in [4.69, 9.17) is 11.6 Å². The van der Waals surface area contributed by atoms with E-state index in [1.54, 1.807) is 12.3 Å². The van der Waals surface area contributed by atoms with E-state index >= 15 is 0 Å². The number of aromatic nitrogens is 1. The SMILES string of the molecule is CNC1CCC(N(C)C(=O)c2cc(Cl)c[nH]2)CC1. The molecular formula is C13H20ClN3O. The van der Waals surface area contributed by atoms with Gasteiger partial charge in [-0.05, 0) is 38.8 Å². The van der Waals surface area contributed by atoms with Crippen LogP contribution >= 0.6 is 11.6 Å². The number of aromatic amines is 1. The molecule has 1 aromatic rings. The average Bonchev–Trinajstić information content (AvgIpc) is 2.84. The predicted molar refractivity (Wildman–Crippen MR) is 73.0 cm³/mol. The first-order chi connectivity index (χ1) is 8.61. The van der Waals surface area contributed by atoms with E-state index in [1.165, 1.54) is 0 Å². The Hall–Kier alpha value is -1.00. The summed E-state index contributed by atoms with van der Waals surface area (Å²) in [4.78, 5) is 17.0. The maximum Gasteiger partial charge on any atom is 0.270 e. The van der Waals surface area contributed by atoms with Gasteiger partial charge < -0.3 is 15.2 Å². The lowest BCUT2D eigenvalue weighted by Gasteiger charge is -2.34. The highest BCUT2D eigenvalue weighted by atomic mass is 35.5.